The van der Waals surface area contributed by atoms with Crippen molar-refractivity contribution in [1.82, 2.24) is 10.6 Å². The number of guanidine groups is 1. The molecule has 0 amide bonds. The molecule has 1 atom stereocenters. The minimum absolute atomic E-state index is 0.0601. The Hall–Kier alpha value is -1.61. The summed E-state index contributed by atoms with van der Waals surface area (Å²) in [7, 11) is -4.78. The molecule has 1 aromatic rings. The van der Waals surface area contributed by atoms with Crippen LogP contribution in [0.2, 0.25) is 0 Å². The molecule has 0 aliphatic heterocycles. The van der Waals surface area contributed by atoms with Crippen LogP contribution in [0.25, 0.3) is 0 Å². The van der Waals surface area contributed by atoms with Crippen molar-refractivity contribution >= 4 is 25.6 Å². The van der Waals surface area contributed by atoms with E-state index in [1.54, 1.807) is 37.4 Å². The summed E-state index contributed by atoms with van der Waals surface area (Å²) in [6.07, 6.45) is 1.64. The Morgan fingerprint density at radius 3 is 2.29 bits per heavy atom. The molecule has 0 bridgehead atoms. The first-order chi connectivity index (χ1) is 11.1. The van der Waals surface area contributed by atoms with E-state index < -0.39 is 19.7 Å². The molecule has 9 heteroatoms. The minimum atomic E-state index is -3.35. The third-order valence-electron chi connectivity index (χ3n) is 3.29. The van der Waals surface area contributed by atoms with Gasteiger partial charge in [-0.15, -0.1) is 0 Å². The molecule has 0 fully saturated rings. The Morgan fingerprint density at radius 1 is 1.12 bits per heavy atom. The summed E-state index contributed by atoms with van der Waals surface area (Å²) in [5, 5.41) is 5.98. The summed E-state index contributed by atoms with van der Waals surface area (Å²) < 4.78 is 46.7. The molecule has 0 heterocycles. The van der Waals surface area contributed by atoms with Crippen molar-refractivity contribution in [2.75, 3.05) is 31.4 Å². The van der Waals surface area contributed by atoms with Gasteiger partial charge in [0.2, 0.25) is 0 Å². The van der Waals surface area contributed by atoms with E-state index >= 15 is 0 Å². The number of hydrogen-bond donors (Lipinski definition) is 2. The summed E-state index contributed by atoms with van der Waals surface area (Å²) in [6, 6.07) is 8.16. The lowest BCUT2D eigenvalue weighted by molar-refractivity contribution is 0.580. The summed E-state index contributed by atoms with van der Waals surface area (Å²) >= 11 is 0. The SMILES string of the molecule is CN=C(NCCS(=O)(=O)c1ccccc1)NC(C)CCS(C)(=O)=O. The number of nitrogens with zero attached hydrogens (tertiary/aromatic N) is 1. The van der Waals surface area contributed by atoms with Gasteiger partial charge in [-0.3, -0.25) is 4.99 Å². The molecular weight excluding hydrogens is 350 g/mol. The number of benzene rings is 1. The zero-order valence-corrected chi connectivity index (χ0v) is 15.8. The molecule has 1 aromatic carbocycles. The molecule has 0 aromatic heterocycles. The van der Waals surface area contributed by atoms with Gasteiger partial charge in [0.05, 0.1) is 16.4 Å². The molecule has 0 saturated heterocycles. The second-order valence-corrected chi connectivity index (χ2v) is 9.96. The quantitative estimate of drug-likeness (QED) is 0.505. The highest BCUT2D eigenvalue weighted by molar-refractivity contribution is 7.91. The number of aliphatic imine (C=N–C) groups is 1. The molecular formula is C15H25N3O4S2. The maximum atomic E-state index is 12.2. The number of rotatable bonds is 8. The van der Waals surface area contributed by atoms with E-state index in [1.807, 2.05) is 6.92 Å². The molecule has 1 unspecified atom stereocenters. The van der Waals surface area contributed by atoms with E-state index in [1.165, 1.54) is 6.26 Å². The van der Waals surface area contributed by atoms with Crippen molar-refractivity contribution in [2.24, 2.45) is 4.99 Å². The first-order valence-corrected chi connectivity index (χ1v) is 11.3. The van der Waals surface area contributed by atoms with Gasteiger partial charge in [0.15, 0.2) is 15.8 Å². The monoisotopic (exact) mass is 375 g/mol. The van der Waals surface area contributed by atoms with E-state index in [0.29, 0.717) is 12.4 Å². The topological polar surface area (TPSA) is 105 Å². The van der Waals surface area contributed by atoms with Gasteiger partial charge in [-0.05, 0) is 25.5 Å². The number of hydrogen-bond acceptors (Lipinski definition) is 5. The first kappa shape index (κ1) is 20.4. The van der Waals surface area contributed by atoms with Crippen molar-refractivity contribution in [3.05, 3.63) is 30.3 Å². The Labute approximate surface area is 144 Å². The predicted molar refractivity (Wildman–Crippen MR) is 96.8 cm³/mol. The van der Waals surface area contributed by atoms with Gasteiger partial charge in [-0.2, -0.15) is 0 Å². The average Bonchev–Trinajstić information content (AvgIpc) is 2.52. The van der Waals surface area contributed by atoms with Crippen LogP contribution in [-0.2, 0) is 19.7 Å². The van der Waals surface area contributed by atoms with Crippen LogP contribution in [0.15, 0.2) is 40.2 Å². The van der Waals surface area contributed by atoms with E-state index in [-0.39, 0.29) is 29.0 Å². The molecule has 24 heavy (non-hydrogen) atoms. The number of nitrogens with one attached hydrogen (secondary N) is 2. The third-order valence-corrected chi connectivity index (χ3v) is 6.00. The molecule has 1 rings (SSSR count). The van der Waals surface area contributed by atoms with Crippen molar-refractivity contribution in [1.29, 1.82) is 0 Å². The summed E-state index contributed by atoms with van der Waals surface area (Å²) in [4.78, 5) is 4.30. The van der Waals surface area contributed by atoms with Crippen LogP contribution in [0.4, 0.5) is 0 Å². The second kappa shape index (κ2) is 9.03. The van der Waals surface area contributed by atoms with Crippen molar-refractivity contribution in [3.63, 3.8) is 0 Å². The Kier molecular flexibility index (Phi) is 7.68. The fourth-order valence-corrected chi connectivity index (χ4v) is 3.90. The van der Waals surface area contributed by atoms with Gasteiger partial charge in [0.25, 0.3) is 0 Å². The van der Waals surface area contributed by atoms with Gasteiger partial charge in [0.1, 0.15) is 9.84 Å². The van der Waals surface area contributed by atoms with E-state index in [2.05, 4.69) is 15.6 Å². The molecule has 7 nitrogen and oxygen atoms in total. The van der Waals surface area contributed by atoms with Crippen LogP contribution in [0.5, 0.6) is 0 Å². The average molecular weight is 376 g/mol. The van der Waals surface area contributed by atoms with Gasteiger partial charge < -0.3 is 10.6 Å². The van der Waals surface area contributed by atoms with E-state index in [4.69, 9.17) is 0 Å². The highest BCUT2D eigenvalue weighted by Crippen LogP contribution is 2.09. The van der Waals surface area contributed by atoms with Crippen LogP contribution in [0, 0.1) is 0 Å². The largest absolute Gasteiger partial charge is 0.355 e. The molecule has 0 radical (unpaired) electrons. The highest BCUT2D eigenvalue weighted by Gasteiger charge is 2.14. The smallest absolute Gasteiger partial charge is 0.191 e. The zero-order chi connectivity index (χ0) is 18.2. The maximum Gasteiger partial charge on any atom is 0.191 e. The van der Waals surface area contributed by atoms with Crippen molar-refractivity contribution in [2.45, 2.75) is 24.3 Å². The Balaban J connectivity index is 2.47. The van der Waals surface area contributed by atoms with Crippen molar-refractivity contribution < 1.29 is 16.8 Å². The second-order valence-electron chi connectivity index (χ2n) is 5.59. The lowest BCUT2D eigenvalue weighted by Gasteiger charge is -2.17. The summed E-state index contributed by atoms with van der Waals surface area (Å²) in [6.45, 7) is 2.05. The molecule has 0 spiro atoms. The predicted octanol–water partition coefficient (Wildman–Crippen LogP) is 0.449. The lowest BCUT2D eigenvalue weighted by atomic mass is 10.3. The normalized spacial score (nSPS) is 14.2. The van der Waals surface area contributed by atoms with Gasteiger partial charge >= 0.3 is 0 Å². The zero-order valence-electron chi connectivity index (χ0n) is 14.2. The van der Waals surface area contributed by atoms with Crippen LogP contribution in [0.1, 0.15) is 13.3 Å². The molecule has 136 valence electrons. The standard InChI is InChI=1S/C15H25N3O4S2/c1-13(9-11-23(3,19)20)18-15(16-2)17-10-12-24(21,22)14-7-5-4-6-8-14/h4-8,13H,9-12H2,1-3H3,(H2,16,17,18). The molecule has 0 aliphatic rings. The van der Waals surface area contributed by atoms with E-state index in [0.717, 1.165) is 0 Å². The molecule has 0 aliphatic carbocycles. The van der Waals surface area contributed by atoms with Gasteiger partial charge in [-0.1, -0.05) is 18.2 Å². The van der Waals surface area contributed by atoms with E-state index in [9.17, 15) is 16.8 Å². The van der Waals surface area contributed by atoms with Crippen LogP contribution < -0.4 is 10.6 Å². The fraction of sp³-hybridized carbons (Fsp3) is 0.533. The maximum absolute atomic E-state index is 12.2. The molecule has 2 N–H and O–H groups in total. The summed E-state index contributed by atoms with van der Waals surface area (Å²) in [5.41, 5.74) is 0. The Morgan fingerprint density at radius 2 is 1.75 bits per heavy atom. The minimum Gasteiger partial charge on any atom is -0.355 e. The molecule has 0 saturated carbocycles. The lowest BCUT2D eigenvalue weighted by Crippen LogP contribution is -2.44. The van der Waals surface area contributed by atoms with Crippen LogP contribution >= 0.6 is 0 Å². The number of sulfone groups is 2. The first-order valence-electron chi connectivity index (χ1n) is 7.57. The third kappa shape index (κ3) is 7.78. The van der Waals surface area contributed by atoms with Gasteiger partial charge in [0, 0.05) is 25.9 Å². The van der Waals surface area contributed by atoms with Gasteiger partial charge in [-0.25, -0.2) is 16.8 Å². The van der Waals surface area contributed by atoms with Crippen molar-refractivity contribution in [3.8, 4) is 0 Å². The fourth-order valence-electron chi connectivity index (χ4n) is 1.94. The summed E-state index contributed by atoms with van der Waals surface area (Å²) in [5.74, 6) is 0.468. The van der Waals surface area contributed by atoms with Crippen LogP contribution in [-0.4, -0.2) is 60.2 Å². The van der Waals surface area contributed by atoms with Crippen LogP contribution in [0.3, 0.4) is 0 Å². The highest BCUT2D eigenvalue weighted by atomic mass is 32.2. The Bertz CT molecular complexity index is 744.